The number of aromatic amines is 1. The van der Waals surface area contributed by atoms with Crippen LogP contribution < -0.4 is 11.1 Å². The zero-order valence-corrected chi connectivity index (χ0v) is 17.4. The minimum absolute atomic E-state index is 0.139. The molecule has 1 fully saturated rings. The SMILES string of the molecule is C=C(NCCC1CCN(C(=O)OCc2cc(Cl)cc(Cl)c2)CC1)c1c[nH]c(=O)o1. The third kappa shape index (κ3) is 6.30. The van der Waals surface area contributed by atoms with E-state index in [9.17, 15) is 9.59 Å². The van der Waals surface area contributed by atoms with Crippen LogP contribution >= 0.6 is 23.2 Å². The number of hydrogen-bond donors (Lipinski definition) is 2. The molecule has 2 N–H and O–H groups in total. The van der Waals surface area contributed by atoms with Gasteiger partial charge in [-0.25, -0.2) is 9.59 Å². The van der Waals surface area contributed by atoms with Crippen LogP contribution in [-0.2, 0) is 11.3 Å². The van der Waals surface area contributed by atoms with Crippen molar-refractivity contribution in [2.24, 2.45) is 5.92 Å². The summed E-state index contributed by atoms with van der Waals surface area (Å²) < 4.78 is 10.3. The van der Waals surface area contributed by atoms with Crippen LogP contribution in [0.1, 0.15) is 30.6 Å². The fourth-order valence-electron chi connectivity index (χ4n) is 3.28. The number of hydrogen-bond acceptors (Lipinski definition) is 5. The second kappa shape index (κ2) is 9.89. The van der Waals surface area contributed by atoms with E-state index in [4.69, 9.17) is 32.4 Å². The number of H-pyrrole nitrogens is 1. The summed E-state index contributed by atoms with van der Waals surface area (Å²) in [6.07, 6.45) is 3.92. The van der Waals surface area contributed by atoms with Crippen LogP contribution in [0.2, 0.25) is 10.0 Å². The third-order valence-corrected chi connectivity index (χ3v) is 5.31. The second-order valence-corrected chi connectivity index (χ2v) is 7.87. The van der Waals surface area contributed by atoms with Crippen molar-refractivity contribution in [1.82, 2.24) is 15.2 Å². The Hall–Kier alpha value is -2.38. The summed E-state index contributed by atoms with van der Waals surface area (Å²) in [4.78, 5) is 27.5. The first-order chi connectivity index (χ1) is 13.9. The van der Waals surface area contributed by atoms with Gasteiger partial charge in [-0.05, 0) is 48.9 Å². The quantitative estimate of drug-likeness (QED) is 0.672. The van der Waals surface area contributed by atoms with E-state index in [2.05, 4.69) is 16.9 Å². The zero-order valence-electron chi connectivity index (χ0n) is 15.9. The van der Waals surface area contributed by atoms with Gasteiger partial charge >= 0.3 is 11.8 Å². The van der Waals surface area contributed by atoms with E-state index in [0.717, 1.165) is 31.4 Å². The van der Waals surface area contributed by atoms with Crippen LogP contribution in [-0.4, -0.2) is 35.6 Å². The second-order valence-electron chi connectivity index (χ2n) is 7.00. The summed E-state index contributed by atoms with van der Waals surface area (Å²) >= 11 is 11.9. The summed E-state index contributed by atoms with van der Waals surface area (Å²) in [6, 6.07) is 5.09. The maximum atomic E-state index is 12.3. The minimum Gasteiger partial charge on any atom is -0.445 e. The van der Waals surface area contributed by atoms with Crippen molar-refractivity contribution in [1.29, 1.82) is 0 Å². The lowest BCUT2D eigenvalue weighted by Crippen LogP contribution is -2.39. The Balaban J connectivity index is 1.35. The van der Waals surface area contributed by atoms with Gasteiger partial charge in [0.25, 0.3) is 0 Å². The van der Waals surface area contributed by atoms with E-state index < -0.39 is 5.76 Å². The van der Waals surface area contributed by atoms with Gasteiger partial charge in [-0.3, -0.25) is 4.98 Å². The Morgan fingerprint density at radius 1 is 1.28 bits per heavy atom. The molecule has 0 radical (unpaired) electrons. The molecule has 2 heterocycles. The van der Waals surface area contributed by atoms with Crippen molar-refractivity contribution < 1.29 is 13.9 Å². The standard InChI is InChI=1S/C20H23Cl2N3O4/c1-13(18-11-24-19(26)29-18)23-5-2-14-3-6-25(7-4-14)20(27)28-12-15-8-16(21)10-17(22)9-15/h8-11,14,23H,1-7,12H2,(H,24,26). The summed E-state index contributed by atoms with van der Waals surface area (Å²) in [5.74, 6) is 0.415. The number of amides is 1. The number of aromatic nitrogens is 1. The Kier molecular flexibility index (Phi) is 7.28. The van der Waals surface area contributed by atoms with Crippen LogP contribution in [0.15, 0.2) is 40.2 Å². The Bertz CT molecular complexity index is 896. The highest BCUT2D eigenvalue weighted by molar-refractivity contribution is 6.34. The van der Waals surface area contributed by atoms with E-state index in [0.29, 0.717) is 40.5 Å². The molecule has 1 amide bonds. The first-order valence-corrected chi connectivity index (χ1v) is 10.1. The Morgan fingerprint density at radius 2 is 1.97 bits per heavy atom. The first kappa shape index (κ1) is 21.3. The highest BCUT2D eigenvalue weighted by Gasteiger charge is 2.23. The number of oxazole rings is 1. The third-order valence-electron chi connectivity index (χ3n) is 4.87. The smallest absolute Gasteiger partial charge is 0.416 e. The van der Waals surface area contributed by atoms with Gasteiger partial charge in [0.15, 0.2) is 5.76 Å². The summed E-state index contributed by atoms with van der Waals surface area (Å²) in [5, 5.41) is 4.19. The first-order valence-electron chi connectivity index (χ1n) is 9.39. The topological polar surface area (TPSA) is 87.6 Å². The van der Waals surface area contributed by atoms with Gasteiger partial charge < -0.3 is 19.4 Å². The highest BCUT2D eigenvalue weighted by Crippen LogP contribution is 2.22. The average molecular weight is 440 g/mol. The molecule has 7 nitrogen and oxygen atoms in total. The molecule has 2 aromatic rings. The van der Waals surface area contributed by atoms with Crippen molar-refractivity contribution >= 4 is 35.0 Å². The lowest BCUT2D eigenvalue weighted by atomic mass is 9.94. The minimum atomic E-state index is -0.499. The average Bonchev–Trinajstić information content (AvgIpc) is 3.12. The summed E-state index contributed by atoms with van der Waals surface area (Å²) in [6.45, 7) is 6.04. The Morgan fingerprint density at radius 3 is 2.59 bits per heavy atom. The van der Waals surface area contributed by atoms with Gasteiger partial charge in [0.2, 0.25) is 0 Å². The van der Waals surface area contributed by atoms with Crippen LogP contribution in [0, 0.1) is 5.92 Å². The van der Waals surface area contributed by atoms with Crippen molar-refractivity contribution in [3.05, 3.63) is 62.9 Å². The van der Waals surface area contributed by atoms with Gasteiger partial charge in [-0.2, -0.15) is 0 Å². The molecule has 0 bridgehead atoms. The van der Waals surface area contributed by atoms with Crippen LogP contribution in [0.25, 0.3) is 5.70 Å². The summed E-state index contributed by atoms with van der Waals surface area (Å²) in [5.41, 5.74) is 1.33. The number of benzene rings is 1. The highest BCUT2D eigenvalue weighted by atomic mass is 35.5. The number of likely N-dealkylation sites (tertiary alicyclic amines) is 1. The number of nitrogens with one attached hydrogen (secondary N) is 2. The molecule has 1 aliphatic heterocycles. The number of piperidine rings is 1. The molecular formula is C20H23Cl2N3O4. The van der Waals surface area contributed by atoms with Crippen molar-refractivity contribution in [3.8, 4) is 0 Å². The molecule has 0 aliphatic carbocycles. The molecule has 1 aliphatic rings. The van der Waals surface area contributed by atoms with Gasteiger partial charge in [-0.15, -0.1) is 0 Å². The van der Waals surface area contributed by atoms with E-state index in [-0.39, 0.29) is 12.7 Å². The van der Waals surface area contributed by atoms with Crippen molar-refractivity contribution in [2.75, 3.05) is 19.6 Å². The van der Waals surface area contributed by atoms with Crippen LogP contribution in [0.5, 0.6) is 0 Å². The van der Waals surface area contributed by atoms with Gasteiger partial charge in [0.1, 0.15) is 6.61 Å². The normalized spacial score (nSPS) is 14.6. The molecule has 3 rings (SSSR count). The summed E-state index contributed by atoms with van der Waals surface area (Å²) in [7, 11) is 0. The van der Waals surface area contributed by atoms with E-state index in [1.807, 2.05) is 0 Å². The molecule has 0 saturated carbocycles. The maximum Gasteiger partial charge on any atom is 0.416 e. The lowest BCUT2D eigenvalue weighted by molar-refractivity contribution is 0.0816. The number of carbonyl (C=O) groups excluding carboxylic acids is 1. The molecular weight excluding hydrogens is 417 g/mol. The molecule has 156 valence electrons. The molecule has 1 saturated heterocycles. The van der Waals surface area contributed by atoms with Crippen LogP contribution in [0.4, 0.5) is 4.79 Å². The number of halogens is 2. The van der Waals surface area contributed by atoms with Crippen LogP contribution in [0.3, 0.4) is 0 Å². The largest absolute Gasteiger partial charge is 0.445 e. The van der Waals surface area contributed by atoms with E-state index in [1.165, 1.54) is 6.20 Å². The maximum absolute atomic E-state index is 12.3. The molecule has 9 heteroatoms. The van der Waals surface area contributed by atoms with Gasteiger partial charge in [-0.1, -0.05) is 29.8 Å². The Labute approximate surface area is 178 Å². The monoisotopic (exact) mass is 439 g/mol. The predicted molar refractivity (Wildman–Crippen MR) is 112 cm³/mol. The molecule has 0 unspecified atom stereocenters. The predicted octanol–water partition coefficient (Wildman–Crippen LogP) is 4.27. The molecule has 0 atom stereocenters. The van der Waals surface area contributed by atoms with Crippen molar-refractivity contribution in [2.45, 2.75) is 25.9 Å². The number of rotatable bonds is 7. The molecule has 0 spiro atoms. The fourth-order valence-corrected chi connectivity index (χ4v) is 3.85. The fraction of sp³-hybridized carbons (Fsp3) is 0.400. The molecule has 1 aromatic carbocycles. The van der Waals surface area contributed by atoms with E-state index in [1.54, 1.807) is 23.1 Å². The number of ether oxygens (including phenoxy) is 1. The van der Waals surface area contributed by atoms with Gasteiger partial charge in [0, 0.05) is 29.7 Å². The van der Waals surface area contributed by atoms with E-state index >= 15 is 0 Å². The van der Waals surface area contributed by atoms with Crippen molar-refractivity contribution in [3.63, 3.8) is 0 Å². The number of nitrogens with zero attached hydrogens (tertiary/aromatic N) is 1. The van der Waals surface area contributed by atoms with Gasteiger partial charge in [0.05, 0.1) is 11.9 Å². The molecule has 29 heavy (non-hydrogen) atoms. The molecule has 1 aromatic heterocycles. The zero-order chi connectivity index (χ0) is 20.8. The number of carbonyl (C=O) groups is 1. The lowest BCUT2D eigenvalue weighted by Gasteiger charge is -2.31.